The van der Waals surface area contributed by atoms with Gasteiger partial charge in [0.15, 0.2) is 0 Å². The molecule has 21 heavy (non-hydrogen) atoms. The van der Waals surface area contributed by atoms with Crippen LogP contribution in [0.3, 0.4) is 0 Å². The monoisotopic (exact) mass is 311 g/mol. The lowest BCUT2D eigenvalue weighted by Crippen LogP contribution is -2.29. The number of benzene rings is 1. The van der Waals surface area contributed by atoms with Crippen molar-refractivity contribution in [3.8, 4) is 0 Å². The van der Waals surface area contributed by atoms with Crippen LogP contribution >= 0.6 is 0 Å². The molecular weight excluding hydrogens is 286 g/mol. The molecule has 1 unspecified atom stereocenters. The van der Waals surface area contributed by atoms with Crippen LogP contribution < -0.4 is 0 Å². The first kappa shape index (κ1) is 16.5. The third-order valence-electron chi connectivity index (χ3n) is 4.37. The van der Waals surface area contributed by atoms with Crippen LogP contribution in [-0.2, 0) is 16.6 Å². The molecule has 0 saturated carbocycles. The second-order valence-electron chi connectivity index (χ2n) is 6.01. The Morgan fingerprint density at radius 3 is 2.62 bits per heavy atom. The largest absolute Gasteiger partial charge is 0.392 e. The number of aliphatic hydroxyl groups is 1. The predicted molar refractivity (Wildman–Crippen MR) is 83.6 cm³/mol. The minimum atomic E-state index is -3.45. The minimum Gasteiger partial charge on any atom is -0.392 e. The van der Waals surface area contributed by atoms with E-state index >= 15 is 0 Å². The SMILES string of the molecule is CCCC1CCN(S(=O)(=O)c2cc(CO)c(C)cc2C)C1. The molecule has 0 amide bonds. The molecule has 4 nitrogen and oxygen atoms in total. The Balaban J connectivity index is 2.32. The highest BCUT2D eigenvalue weighted by Crippen LogP contribution is 2.29. The molecule has 1 atom stereocenters. The minimum absolute atomic E-state index is 0.132. The number of hydrogen-bond acceptors (Lipinski definition) is 3. The summed E-state index contributed by atoms with van der Waals surface area (Å²) in [5, 5.41) is 9.37. The van der Waals surface area contributed by atoms with Gasteiger partial charge in [-0.05, 0) is 55.4 Å². The number of aliphatic hydroxyl groups excluding tert-OH is 1. The molecule has 118 valence electrons. The van der Waals surface area contributed by atoms with Gasteiger partial charge in [-0.2, -0.15) is 4.31 Å². The van der Waals surface area contributed by atoms with Crippen LogP contribution in [0.25, 0.3) is 0 Å². The van der Waals surface area contributed by atoms with Gasteiger partial charge in [0.2, 0.25) is 10.0 Å². The first-order chi connectivity index (χ1) is 9.90. The van der Waals surface area contributed by atoms with Crippen molar-refractivity contribution in [2.75, 3.05) is 13.1 Å². The van der Waals surface area contributed by atoms with Crippen molar-refractivity contribution in [1.29, 1.82) is 0 Å². The molecule has 1 aromatic rings. The van der Waals surface area contributed by atoms with Crippen molar-refractivity contribution >= 4 is 10.0 Å². The van der Waals surface area contributed by atoms with E-state index < -0.39 is 10.0 Å². The molecule has 0 spiro atoms. The van der Waals surface area contributed by atoms with Crippen molar-refractivity contribution < 1.29 is 13.5 Å². The molecule has 0 bridgehead atoms. The van der Waals surface area contributed by atoms with Gasteiger partial charge in [-0.1, -0.05) is 19.4 Å². The average molecular weight is 311 g/mol. The van der Waals surface area contributed by atoms with Gasteiger partial charge in [0.05, 0.1) is 11.5 Å². The summed E-state index contributed by atoms with van der Waals surface area (Å²) in [5.41, 5.74) is 2.37. The van der Waals surface area contributed by atoms with E-state index in [-0.39, 0.29) is 6.61 Å². The Bertz CT molecular complexity index is 610. The topological polar surface area (TPSA) is 57.6 Å². The van der Waals surface area contributed by atoms with Crippen molar-refractivity contribution in [2.24, 2.45) is 5.92 Å². The predicted octanol–water partition coefficient (Wildman–Crippen LogP) is 2.61. The maximum Gasteiger partial charge on any atom is 0.243 e. The lowest BCUT2D eigenvalue weighted by molar-refractivity contribution is 0.280. The lowest BCUT2D eigenvalue weighted by Gasteiger charge is -2.19. The fourth-order valence-corrected chi connectivity index (χ4v) is 4.91. The van der Waals surface area contributed by atoms with Crippen LogP contribution in [0.1, 0.15) is 42.9 Å². The maximum absolute atomic E-state index is 12.8. The second-order valence-corrected chi connectivity index (χ2v) is 7.92. The normalized spacial score (nSPS) is 20.1. The van der Waals surface area contributed by atoms with E-state index in [9.17, 15) is 13.5 Å². The van der Waals surface area contributed by atoms with E-state index in [1.54, 1.807) is 10.4 Å². The summed E-state index contributed by atoms with van der Waals surface area (Å²) in [6.45, 7) is 6.94. The maximum atomic E-state index is 12.8. The third-order valence-corrected chi connectivity index (χ3v) is 6.37. The molecular formula is C16H25NO3S. The van der Waals surface area contributed by atoms with Gasteiger partial charge in [-0.3, -0.25) is 0 Å². The van der Waals surface area contributed by atoms with Gasteiger partial charge in [0.1, 0.15) is 0 Å². The molecule has 1 heterocycles. The van der Waals surface area contributed by atoms with Crippen molar-refractivity contribution in [3.63, 3.8) is 0 Å². The molecule has 1 N–H and O–H groups in total. The van der Waals surface area contributed by atoms with Crippen LogP contribution in [-0.4, -0.2) is 30.9 Å². The number of aryl methyl sites for hydroxylation is 2. The molecule has 2 rings (SSSR count). The van der Waals surface area contributed by atoms with Gasteiger partial charge >= 0.3 is 0 Å². The van der Waals surface area contributed by atoms with Crippen molar-refractivity contribution in [2.45, 2.75) is 51.5 Å². The summed E-state index contributed by atoms with van der Waals surface area (Å²) in [6, 6.07) is 3.48. The third kappa shape index (κ3) is 3.30. The Hall–Kier alpha value is -0.910. The first-order valence-electron chi connectivity index (χ1n) is 7.61. The molecule has 1 fully saturated rings. The Kier molecular flexibility index (Phi) is 5.07. The molecule has 0 aromatic heterocycles. The quantitative estimate of drug-likeness (QED) is 0.909. The fourth-order valence-electron chi connectivity index (χ4n) is 3.12. The van der Waals surface area contributed by atoms with E-state index in [1.165, 1.54) is 0 Å². The molecule has 0 aliphatic carbocycles. The van der Waals surface area contributed by atoms with E-state index in [4.69, 9.17) is 0 Å². The summed E-state index contributed by atoms with van der Waals surface area (Å²) < 4.78 is 27.3. The zero-order valence-electron chi connectivity index (χ0n) is 13.1. The van der Waals surface area contributed by atoms with Gasteiger partial charge in [-0.25, -0.2) is 8.42 Å². The number of nitrogens with zero attached hydrogens (tertiary/aromatic N) is 1. The molecule has 0 radical (unpaired) electrons. The van der Waals surface area contributed by atoms with Crippen LogP contribution in [0.5, 0.6) is 0 Å². The zero-order chi connectivity index (χ0) is 15.6. The van der Waals surface area contributed by atoms with Crippen LogP contribution in [0, 0.1) is 19.8 Å². The Morgan fingerprint density at radius 2 is 2.00 bits per heavy atom. The molecule has 1 aromatic carbocycles. The highest BCUT2D eigenvalue weighted by molar-refractivity contribution is 7.89. The molecule has 5 heteroatoms. The van der Waals surface area contributed by atoms with E-state index in [0.29, 0.717) is 29.5 Å². The lowest BCUT2D eigenvalue weighted by atomic mass is 10.0. The summed E-state index contributed by atoms with van der Waals surface area (Å²) in [5.74, 6) is 0.479. The fraction of sp³-hybridized carbons (Fsp3) is 0.625. The Labute approximate surface area is 127 Å². The van der Waals surface area contributed by atoms with E-state index in [0.717, 1.165) is 30.4 Å². The van der Waals surface area contributed by atoms with Crippen molar-refractivity contribution in [3.05, 3.63) is 28.8 Å². The average Bonchev–Trinajstić information content (AvgIpc) is 2.88. The number of hydrogen-bond donors (Lipinski definition) is 1. The Morgan fingerprint density at radius 1 is 1.29 bits per heavy atom. The van der Waals surface area contributed by atoms with Crippen LogP contribution in [0.2, 0.25) is 0 Å². The zero-order valence-corrected chi connectivity index (χ0v) is 13.9. The summed E-state index contributed by atoms with van der Waals surface area (Å²) >= 11 is 0. The van der Waals surface area contributed by atoms with Crippen LogP contribution in [0.15, 0.2) is 17.0 Å². The summed E-state index contributed by atoms with van der Waals surface area (Å²) in [7, 11) is -3.45. The molecule has 1 aliphatic rings. The summed E-state index contributed by atoms with van der Waals surface area (Å²) in [4.78, 5) is 0.342. The second kappa shape index (κ2) is 6.46. The van der Waals surface area contributed by atoms with Crippen molar-refractivity contribution in [1.82, 2.24) is 4.31 Å². The number of rotatable bonds is 5. The van der Waals surface area contributed by atoms with Gasteiger partial charge in [0, 0.05) is 13.1 Å². The van der Waals surface area contributed by atoms with Crippen LogP contribution in [0.4, 0.5) is 0 Å². The highest BCUT2D eigenvalue weighted by Gasteiger charge is 2.33. The van der Waals surface area contributed by atoms with Gasteiger partial charge in [-0.15, -0.1) is 0 Å². The molecule has 1 saturated heterocycles. The van der Waals surface area contributed by atoms with E-state index in [1.807, 2.05) is 19.9 Å². The molecule has 1 aliphatic heterocycles. The first-order valence-corrected chi connectivity index (χ1v) is 9.05. The smallest absolute Gasteiger partial charge is 0.243 e. The van der Waals surface area contributed by atoms with E-state index in [2.05, 4.69) is 6.92 Å². The summed E-state index contributed by atoms with van der Waals surface area (Å²) in [6.07, 6.45) is 3.13. The number of sulfonamides is 1. The standard InChI is InChI=1S/C16H25NO3S/c1-4-5-14-6-7-17(10-14)21(19,20)16-9-15(11-18)12(2)8-13(16)3/h8-9,14,18H,4-7,10-11H2,1-3H3. The highest BCUT2D eigenvalue weighted by atomic mass is 32.2. The van der Waals surface area contributed by atoms with Gasteiger partial charge in [0.25, 0.3) is 0 Å². The van der Waals surface area contributed by atoms with Gasteiger partial charge < -0.3 is 5.11 Å².